The van der Waals surface area contributed by atoms with Crippen LogP contribution in [0.2, 0.25) is 5.02 Å². The summed E-state index contributed by atoms with van der Waals surface area (Å²) < 4.78 is 28.1. The van der Waals surface area contributed by atoms with Gasteiger partial charge in [0.25, 0.3) is 5.91 Å². The fourth-order valence-electron chi connectivity index (χ4n) is 2.75. The predicted octanol–water partition coefficient (Wildman–Crippen LogP) is 2.90. The Balaban J connectivity index is 1.94. The second kappa shape index (κ2) is 7.86. The number of phenols is 1. The maximum atomic E-state index is 12.9. The normalized spacial score (nSPS) is 15.7. The molecule has 3 N–H and O–H groups in total. The highest BCUT2D eigenvalue weighted by molar-refractivity contribution is 7.89. The van der Waals surface area contributed by atoms with Crippen LogP contribution in [-0.4, -0.2) is 31.8 Å². The second-order valence-corrected chi connectivity index (χ2v) is 8.15. The van der Waals surface area contributed by atoms with E-state index in [-0.39, 0.29) is 21.4 Å². The first-order valence-corrected chi connectivity index (χ1v) is 10.4. The fraction of sp³-hybridized carbons (Fsp3) is 0.158. The number of nitrogens with two attached hydrogens (primary N) is 1. The standard InChI is InChI=1S/C19H18ClN3O5S/c1-3-28-17-10-12(9-16(20)18(17)24)8-15-11(2)22-23(19(15)25)13-4-6-14(7-5-13)29(21,26)27/h4-10,24H,3H2,1-2H3,(H2,21,26,27)/b15-8-. The van der Waals surface area contributed by atoms with Gasteiger partial charge in [0.2, 0.25) is 10.0 Å². The van der Waals surface area contributed by atoms with Gasteiger partial charge in [-0.25, -0.2) is 13.6 Å². The number of hydrogen-bond donors (Lipinski definition) is 2. The molecule has 2 aromatic carbocycles. The molecule has 1 heterocycles. The van der Waals surface area contributed by atoms with Crippen molar-refractivity contribution in [2.45, 2.75) is 18.7 Å². The van der Waals surface area contributed by atoms with Crippen LogP contribution in [0.15, 0.2) is 52.0 Å². The van der Waals surface area contributed by atoms with Crippen molar-refractivity contribution < 1.29 is 23.1 Å². The van der Waals surface area contributed by atoms with Crippen molar-refractivity contribution in [3.8, 4) is 11.5 Å². The molecule has 8 nitrogen and oxygen atoms in total. The van der Waals surface area contributed by atoms with Crippen LogP contribution in [0, 0.1) is 0 Å². The Morgan fingerprint density at radius 3 is 2.52 bits per heavy atom. The third kappa shape index (κ3) is 4.26. The molecule has 0 bridgehead atoms. The number of hydrazone groups is 1. The number of nitrogens with zero attached hydrogens (tertiary/aromatic N) is 2. The quantitative estimate of drug-likeness (QED) is 0.699. The zero-order valence-electron chi connectivity index (χ0n) is 15.6. The molecule has 3 rings (SSSR count). The van der Waals surface area contributed by atoms with Crippen LogP contribution in [0.25, 0.3) is 6.08 Å². The van der Waals surface area contributed by atoms with Crippen LogP contribution in [0.5, 0.6) is 11.5 Å². The van der Waals surface area contributed by atoms with E-state index in [0.717, 1.165) is 0 Å². The van der Waals surface area contributed by atoms with Gasteiger partial charge in [-0.3, -0.25) is 4.79 Å². The van der Waals surface area contributed by atoms with Crippen molar-refractivity contribution in [1.82, 2.24) is 0 Å². The van der Waals surface area contributed by atoms with E-state index < -0.39 is 15.9 Å². The molecule has 10 heteroatoms. The monoisotopic (exact) mass is 435 g/mol. The lowest BCUT2D eigenvalue weighted by molar-refractivity contribution is -0.114. The number of primary sulfonamides is 1. The number of carbonyl (C=O) groups is 1. The lowest BCUT2D eigenvalue weighted by Gasteiger charge is -2.12. The zero-order chi connectivity index (χ0) is 21.3. The molecule has 0 saturated carbocycles. The second-order valence-electron chi connectivity index (χ2n) is 6.18. The number of ether oxygens (including phenoxy) is 1. The smallest absolute Gasteiger partial charge is 0.280 e. The molecule has 0 aliphatic carbocycles. The van der Waals surface area contributed by atoms with Gasteiger partial charge >= 0.3 is 0 Å². The number of aromatic hydroxyl groups is 1. The van der Waals surface area contributed by atoms with Crippen LogP contribution < -0.4 is 14.9 Å². The number of rotatable bonds is 5. The Morgan fingerprint density at radius 2 is 1.93 bits per heavy atom. The number of sulfonamides is 1. The average Bonchev–Trinajstić information content (AvgIpc) is 2.93. The summed E-state index contributed by atoms with van der Waals surface area (Å²) in [6.07, 6.45) is 1.59. The van der Waals surface area contributed by atoms with E-state index >= 15 is 0 Å². The van der Waals surface area contributed by atoms with Gasteiger partial charge in [-0.2, -0.15) is 10.1 Å². The summed E-state index contributed by atoms with van der Waals surface area (Å²) in [6, 6.07) is 8.58. The first-order chi connectivity index (χ1) is 13.6. The van der Waals surface area contributed by atoms with Gasteiger partial charge in [0.1, 0.15) is 0 Å². The number of benzene rings is 2. The Labute approximate surface area is 172 Å². The molecule has 0 unspecified atom stereocenters. The highest BCUT2D eigenvalue weighted by Gasteiger charge is 2.29. The number of anilines is 1. The van der Waals surface area contributed by atoms with Gasteiger partial charge in [-0.05, 0) is 61.9 Å². The van der Waals surface area contributed by atoms with Crippen LogP contribution in [0.3, 0.4) is 0 Å². The van der Waals surface area contributed by atoms with Crippen LogP contribution in [0.1, 0.15) is 19.4 Å². The molecular weight excluding hydrogens is 418 g/mol. The Bertz CT molecular complexity index is 1140. The molecule has 0 fully saturated rings. The highest BCUT2D eigenvalue weighted by atomic mass is 35.5. The first kappa shape index (κ1) is 20.8. The van der Waals surface area contributed by atoms with Crippen molar-refractivity contribution in [2.75, 3.05) is 11.6 Å². The summed E-state index contributed by atoms with van der Waals surface area (Å²) >= 11 is 6.04. The maximum Gasteiger partial charge on any atom is 0.280 e. The summed E-state index contributed by atoms with van der Waals surface area (Å²) in [5.74, 6) is -0.356. The third-order valence-electron chi connectivity index (χ3n) is 4.13. The SMILES string of the molecule is CCOc1cc(/C=C2\C(=O)N(c3ccc(S(N)(=O)=O)cc3)N=C2C)cc(Cl)c1O. The van der Waals surface area contributed by atoms with E-state index in [1.54, 1.807) is 26.0 Å². The molecule has 1 aliphatic rings. The average molecular weight is 436 g/mol. The van der Waals surface area contributed by atoms with Crippen molar-refractivity contribution in [3.63, 3.8) is 0 Å². The van der Waals surface area contributed by atoms with E-state index in [0.29, 0.717) is 29.1 Å². The number of hydrogen-bond acceptors (Lipinski definition) is 6. The maximum absolute atomic E-state index is 12.9. The molecule has 0 radical (unpaired) electrons. The van der Waals surface area contributed by atoms with E-state index in [4.69, 9.17) is 21.5 Å². The lowest BCUT2D eigenvalue weighted by atomic mass is 10.1. The number of carbonyl (C=O) groups excluding carboxylic acids is 1. The van der Waals surface area contributed by atoms with Gasteiger partial charge in [0, 0.05) is 0 Å². The molecule has 152 valence electrons. The summed E-state index contributed by atoms with van der Waals surface area (Å²) in [6.45, 7) is 3.79. The molecule has 0 aromatic heterocycles. The van der Waals surface area contributed by atoms with E-state index in [1.165, 1.54) is 35.3 Å². The first-order valence-electron chi connectivity index (χ1n) is 8.51. The lowest BCUT2D eigenvalue weighted by Crippen LogP contribution is -2.21. The van der Waals surface area contributed by atoms with Crippen LogP contribution in [-0.2, 0) is 14.8 Å². The Hall–Kier alpha value is -2.88. The molecule has 0 atom stereocenters. The summed E-state index contributed by atoms with van der Waals surface area (Å²) in [5, 5.41) is 20.6. The van der Waals surface area contributed by atoms with E-state index in [2.05, 4.69) is 5.10 Å². The van der Waals surface area contributed by atoms with Crippen molar-refractivity contribution in [3.05, 3.63) is 52.6 Å². The number of halogens is 1. The van der Waals surface area contributed by atoms with E-state index in [9.17, 15) is 18.3 Å². The van der Waals surface area contributed by atoms with Gasteiger partial charge < -0.3 is 9.84 Å². The molecule has 1 aliphatic heterocycles. The molecule has 0 saturated heterocycles. The topological polar surface area (TPSA) is 122 Å². The van der Waals surface area contributed by atoms with Gasteiger partial charge in [-0.15, -0.1) is 0 Å². The molecule has 0 spiro atoms. The minimum Gasteiger partial charge on any atom is -0.503 e. The zero-order valence-corrected chi connectivity index (χ0v) is 17.2. The largest absolute Gasteiger partial charge is 0.503 e. The van der Waals surface area contributed by atoms with Gasteiger partial charge in [0.15, 0.2) is 11.5 Å². The van der Waals surface area contributed by atoms with Gasteiger partial charge in [0.05, 0.1) is 33.5 Å². The van der Waals surface area contributed by atoms with Crippen molar-refractivity contribution in [1.29, 1.82) is 0 Å². The molecule has 2 aromatic rings. The summed E-state index contributed by atoms with van der Waals surface area (Å²) in [4.78, 5) is 12.8. The molecule has 29 heavy (non-hydrogen) atoms. The number of phenolic OH excluding ortho intramolecular Hbond substituents is 1. The van der Waals surface area contributed by atoms with Crippen LogP contribution in [0.4, 0.5) is 5.69 Å². The Morgan fingerprint density at radius 1 is 1.28 bits per heavy atom. The summed E-state index contributed by atoms with van der Waals surface area (Å²) in [7, 11) is -3.83. The predicted molar refractivity (Wildman–Crippen MR) is 111 cm³/mol. The molecular formula is C19H18ClN3O5S. The van der Waals surface area contributed by atoms with Crippen LogP contribution >= 0.6 is 11.6 Å². The third-order valence-corrected chi connectivity index (χ3v) is 5.35. The number of amides is 1. The van der Waals surface area contributed by atoms with Gasteiger partial charge in [-0.1, -0.05) is 11.6 Å². The summed E-state index contributed by atoms with van der Waals surface area (Å²) in [5.41, 5.74) is 1.74. The minimum absolute atomic E-state index is 0.0634. The molecule has 1 amide bonds. The fourth-order valence-corrected chi connectivity index (χ4v) is 3.48. The van der Waals surface area contributed by atoms with Crippen molar-refractivity contribution in [2.24, 2.45) is 10.2 Å². The van der Waals surface area contributed by atoms with Crippen molar-refractivity contribution >= 4 is 45.0 Å². The Kier molecular flexibility index (Phi) is 5.65. The minimum atomic E-state index is -3.83. The van der Waals surface area contributed by atoms with E-state index in [1.807, 2.05) is 0 Å². The highest BCUT2D eigenvalue weighted by Crippen LogP contribution is 2.36.